The van der Waals surface area contributed by atoms with E-state index < -0.39 is 0 Å². The molecule has 122 valence electrons. The fourth-order valence-electron chi connectivity index (χ4n) is 3.43. The number of hydrogen-bond acceptors (Lipinski definition) is 2. The van der Waals surface area contributed by atoms with Crippen LogP contribution in [0.25, 0.3) is 0 Å². The predicted molar refractivity (Wildman–Crippen MR) is 94.5 cm³/mol. The summed E-state index contributed by atoms with van der Waals surface area (Å²) in [7, 11) is 0. The van der Waals surface area contributed by atoms with Crippen molar-refractivity contribution in [1.82, 2.24) is 0 Å². The van der Waals surface area contributed by atoms with Crippen LogP contribution in [0.3, 0.4) is 0 Å². The second kappa shape index (κ2) is 5.59. The highest BCUT2D eigenvalue weighted by Crippen LogP contribution is 2.35. The molecule has 4 bridgehead atoms. The van der Waals surface area contributed by atoms with Crippen LogP contribution in [0.15, 0.2) is 24.3 Å². The number of phenols is 2. The third-order valence-electron chi connectivity index (χ3n) is 4.87. The van der Waals surface area contributed by atoms with Crippen LogP contribution in [0, 0.1) is 6.92 Å². The predicted octanol–water partition coefficient (Wildman–Crippen LogP) is 4.59. The van der Waals surface area contributed by atoms with Crippen molar-refractivity contribution >= 4 is 0 Å². The van der Waals surface area contributed by atoms with Crippen molar-refractivity contribution in [2.24, 2.45) is 0 Å². The summed E-state index contributed by atoms with van der Waals surface area (Å²) in [5, 5.41) is 21.1. The van der Waals surface area contributed by atoms with Crippen LogP contribution in [0.2, 0.25) is 0 Å². The zero-order valence-electron chi connectivity index (χ0n) is 14.5. The largest absolute Gasteiger partial charge is 0.507 e. The van der Waals surface area contributed by atoms with Crippen LogP contribution in [-0.2, 0) is 31.1 Å². The Bertz CT molecular complexity index is 701. The van der Waals surface area contributed by atoms with Crippen LogP contribution in [0.4, 0.5) is 0 Å². The number of aromatic hydroxyl groups is 2. The van der Waals surface area contributed by atoms with E-state index in [2.05, 4.69) is 52.0 Å². The number of hydrogen-bond donors (Lipinski definition) is 2. The molecular formula is C21H26O2. The lowest BCUT2D eigenvalue weighted by atomic mass is 9.82. The van der Waals surface area contributed by atoms with Gasteiger partial charge in [0.15, 0.2) is 0 Å². The van der Waals surface area contributed by atoms with Crippen LogP contribution < -0.4 is 0 Å². The lowest BCUT2D eigenvalue weighted by Gasteiger charge is -2.23. The summed E-state index contributed by atoms with van der Waals surface area (Å²) >= 11 is 0. The fraction of sp³-hybridized carbons (Fsp3) is 0.429. The Labute approximate surface area is 138 Å². The van der Waals surface area contributed by atoms with E-state index in [1.807, 2.05) is 0 Å². The molecule has 0 heterocycles. The number of rotatable bonds is 0. The van der Waals surface area contributed by atoms with Crippen molar-refractivity contribution in [3.05, 3.63) is 57.6 Å². The molecule has 0 radical (unpaired) electrons. The van der Waals surface area contributed by atoms with Crippen molar-refractivity contribution in [3.8, 4) is 11.5 Å². The topological polar surface area (TPSA) is 40.5 Å². The van der Waals surface area contributed by atoms with Crippen LogP contribution in [0.1, 0.15) is 54.2 Å². The first-order valence-electron chi connectivity index (χ1n) is 8.42. The molecule has 1 aliphatic rings. The van der Waals surface area contributed by atoms with Gasteiger partial charge in [0, 0.05) is 0 Å². The maximum atomic E-state index is 10.6. The van der Waals surface area contributed by atoms with Gasteiger partial charge in [0.25, 0.3) is 0 Å². The van der Waals surface area contributed by atoms with Gasteiger partial charge in [-0.2, -0.15) is 0 Å². The normalized spacial score (nSPS) is 14.6. The summed E-state index contributed by atoms with van der Waals surface area (Å²) in [5.74, 6) is 0.885. The molecule has 0 unspecified atom stereocenters. The molecule has 0 aromatic heterocycles. The summed E-state index contributed by atoms with van der Waals surface area (Å²) in [6.45, 7) is 8.69. The molecule has 0 fully saturated rings. The zero-order chi connectivity index (χ0) is 16.8. The van der Waals surface area contributed by atoms with Gasteiger partial charge in [0.1, 0.15) is 11.5 Å². The summed E-state index contributed by atoms with van der Waals surface area (Å²) in [6.07, 6.45) is 3.00. The zero-order valence-corrected chi connectivity index (χ0v) is 14.5. The number of benzene rings is 2. The Morgan fingerprint density at radius 2 is 1.04 bits per heavy atom. The molecular weight excluding hydrogens is 284 g/mol. The van der Waals surface area contributed by atoms with E-state index in [1.165, 1.54) is 11.1 Å². The Morgan fingerprint density at radius 3 is 1.39 bits per heavy atom. The maximum absolute atomic E-state index is 10.6. The molecule has 0 atom stereocenters. The van der Waals surface area contributed by atoms with E-state index in [-0.39, 0.29) is 5.41 Å². The second-order valence-corrected chi connectivity index (χ2v) is 7.82. The van der Waals surface area contributed by atoms with Gasteiger partial charge in [-0.25, -0.2) is 0 Å². The lowest BCUT2D eigenvalue weighted by Crippen LogP contribution is -2.13. The highest BCUT2D eigenvalue weighted by atomic mass is 16.3. The minimum atomic E-state index is 0.0638. The summed E-state index contributed by atoms with van der Waals surface area (Å²) < 4.78 is 0. The van der Waals surface area contributed by atoms with Gasteiger partial charge in [0.05, 0.1) is 0 Å². The molecule has 2 heteroatoms. The average molecular weight is 310 g/mol. The van der Waals surface area contributed by atoms with Crippen LogP contribution in [0.5, 0.6) is 11.5 Å². The van der Waals surface area contributed by atoms with Crippen molar-refractivity contribution in [2.45, 2.75) is 58.8 Å². The Balaban J connectivity index is 2.10. The molecule has 2 aromatic rings. The summed E-state index contributed by atoms with van der Waals surface area (Å²) in [5.41, 5.74) is 6.50. The molecule has 0 aliphatic heterocycles. The third-order valence-corrected chi connectivity index (χ3v) is 4.87. The molecule has 2 aromatic carbocycles. The van der Waals surface area contributed by atoms with E-state index >= 15 is 0 Å². The summed E-state index contributed by atoms with van der Waals surface area (Å²) in [6, 6.07) is 8.39. The molecule has 0 saturated heterocycles. The Kier molecular flexibility index (Phi) is 3.87. The van der Waals surface area contributed by atoms with Gasteiger partial charge in [-0.05, 0) is 65.8 Å². The molecule has 23 heavy (non-hydrogen) atoms. The third kappa shape index (κ3) is 3.08. The molecule has 0 spiro atoms. The minimum absolute atomic E-state index is 0.0638. The second-order valence-electron chi connectivity index (χ2n) is 7.82. The van der Waals surface area contributed by atoms with Crippen LogP contribution in [-0.4, -0.2) is 10.2 Å². The standard InChI is InChI=1S/C21H26O2/c1-13-9-14-5-7-16-11-18(21(2,3)4)12-17(20(16)23)8-6-15(10-13)19(14)22/h9-12,22-23H,5-8H2,1-4H3. The van der Waals surface area contributed by atoms with Crippen LogP contribution >= 0.6 is 0 Å². The molecule has 0 amide bonds. The monoisotopic (exact) mass is 310 g/mol. The molecule has 2 N–H and O–H groups in total. The minimum Gasteiger partial charge on any atom is -0.507 e. The average Bonchev–Trinajstić information content (AvgIpc) is 2.46. The Morgan fingerprint density at radius 1 is 0.696 bits per heavy atom. The van der Waals surface area contributed by atoms with Gasteiger partial charge < -0.3 is 10.2 Å². The first kappa shape index (κ1) is 15.9. The number of phenolic OH excluding ortho intramolecular Hbond substituents is 2. The molecule has 1 aliphatic carbocycles. The van der Waals surface area contributed by atoms with Gasteiger partial charge in [-0.1, -0.05) is 50.6 Å². The summed E-state index contributed by atoms with van der Waals surface area (Å²) in [4.78, 5) is 0. The number of fused-ring (bicyclic) bond motifs is 4. The van der Waals surface area contributed by atoms with Gasteiger partial charge >= 0.3 is 0 Å². The highest BCUT2D eigenvalue weighted by molar-refractivity contribution is 5.50. The van der Waals surface area contributed by atoms with Gasteiger partial charge in [-0.15, -0.1) is 0 Å². The highest BCUT2D eigenvalue weighted by Gasteiger charge is 2.20. The lowest BCUT2D eigenvalue weighted by molar-refractivity contribution is 0.448. The van der Waals surface area contributed by atoms with Crippen molar-refractivity contribution in [3.63, 3.8) is 0 Å². The SMILES string of the molecule is Cc1cc2c(O)c(c1)CCc1cc(C(C)(C)C)cc(c1O)CC2. The van der Waals surface area contributed by atoms with E-state index in [1.54, 1.807) is 0 Å². The van der Waals surface area contributed by atoms with E-state index in [4.69, 9.17) is 0 Å². The van der Waals surface area contributed by atoms with Crippen molar-refractivity contribution < 1.29 is 10.2 Å². The van der Waals surface area contributed by atoms with E-state index in [0.717, 1.165) is 47.9 Å². The first-order valence-corrected chi connectivity index (χ1v) is 8.42. The molecule has 0 saturated carbocycles. The smallest absolute Gasteiger partial charge is 0.121 e. The van der Waals surface area contributed by atoms with E-state index in [9.17, 15) is 10.2 Å². The van der Waals surface area contributed by atoms with Gasteiger partial charge in [-0.3, -0.25) is 0 Å². The molecule has 3 rings (SSSR count). The Hall–Kier alpha value is -1.96. The number of aryl methyl sites for hydroxylation is 5. The maximum Gasteiger partial charge on any atom is 0.121 e. The van der Waals surface area contributed by atoms with Crippen molar-refractivity contribution in [1.29, 1.82) is 0 Å². The fourth-order valence-corrected chi connectivity index (χ4v) is 3.43. The van der Waals surface area contributed by atoms with E-state index in [0.29, 0.717) is 11.5 Å². The van der Waals surface area contributed by atoms with Gasteiger partial charge in [0.2, 0.25) is 0 Å². The van der Waals surface area contributed by atoms with Crippen molar-refractivity contribution in [2.75, 3.05) is 0 Å². The molecule has 2 nitrogen and oxygen atoms in total. The first-order chi connectivity index (χ1) is 10.8. The quantitative estimate of drug-likeness (QED) is 0.747.